The van der Waals surface area contributed by atoms with Crippen molar-refractivity contribution < 1.29 is 23.8 Å². The number of ketones is 1. The molecule has 0 radical (unpaired) electrons. The van der Waals surface area contributed by atoms with Gasteiger partial charge in [0.15, 0.2) is 0 Å². The molecule has 2 aliphatic rings. The number of rotatable bonds is 6. The van der Waals surface area contributed by atoms with Gasteiger partial charge in [0.2, 0.25) is 0 Å². The maximum Gasteiger partial charge on any atom is 0.295 e. The van der Waals surface area contributed by atoms with E-state index in [0.717, 1.165) is 32.0 Å². The fourth-order valence-electron chi connectivity index (χ4n) is 4.41. The second kappa shape index (κ2) is 9.71. The standard InChI is InChI=1S/C24H23Cl2FN2O4/c1-33-19-7-5-15(27)13-16(19)22(30)20-21(14-4-6-17(25)18(26)12-14)29(24(32)23(20)31)11-10-28-8-2-3-9-28/h4-7,12-13,21,30H,2-3,8-11H2,1H3/b22-20+. The zero-order chi connectivity index (χ0) is 23.7. The first-order valence-electron chi connectivity index (χ1n) is 10.6. The SMILES string of the molecule is COc1ccc(F)cc1/C(O)=C1\C(=O)C(=O)N(CCN2CCCC2)C1c1ccc(Cl)c(Cl)c1. The highest BCUT2D eigenvalue weighted by Gasteiger charge is 2.46. The molecule has 1 N–H and O–H groups in total. The Morgan fingerprint density at radius 2 is 1.82 bits per heavy atom. The van der Waals surface area contributed by atoms with Gasteiger partial charge in [-0.25, -0.2) is 4.39 Å². The van der Waals surface area contributed by atoms with Crippen LogP contribution in [0.15, 0.2) is 42.0 Å². The minimum atomic E-state index is -0.907. The van der Waals surface area contributed by atoms with Crippen molar-refractivity contribution in [2.24, 2.45) is 0 Å². The van der Waals surface area contributed by atoms with Crippen LogP contribution in [0.1, 0.15) is 30.0 Å². The van der Waals surface area contributed by atoms with E-state index < -0.39 is 29.3 Å². The van der Waals surface area contributed by atoms with Crippen LogP contribution in [-0.2, 0) is 9.59 Å². The van der Waals surface area contributed by atoms with Gasteiger partial charge in [-0.15, -0.1) is 0 Å². The van der Waals surface area contributed by atoms with Crippen LogP contribution in [0.25, 0.3) is 5.76 Å². The van der Waals surface area contributed by atoms with Crippen molar-refractivity contribution in [1.29, 1.82) is 0 Å². The molecule has 1 amide bonds. The summed E-state index contributed by atoms with van der Waals surface area (Å²) in [6, 6.07) is 7.49. The molecule has 0 bridgehead atoms. The Bertz CT molecular complexity index is 1130. The number of likely N-dealkylation sites (tertiary alicyclic amines) is 2. The van der Waals surface area contributed by atoms with Crippen LogP contribution in [-0.4, -0.2) is 59.9 Å². The molecule has 0 spiro atoms. The van der Waals surface area contributed by atoms with E-state index in [4.69, 9.17) is 27.9 Å². The summed E-state index contributed by atoms with van der Waals surface area (Å²) in [5.74, 6) is -2.54. The predicted octanol–water partition coefficient (Wildman–Crippen LogP) is 4.66. The highest BCUT2D eigenvalue weighted by atomic mass is 35.5. The summed E-state index contributed by atoms with van der Waals surface area (Å²) >= 11 is 12.3. The quantitative estimate of drug-likeness (QED) is 0.360. The van der Waals surface area contributed by atoms with Crippen LogP contribution in [0.2, 0.25) is 10.0 Å². The Kier molecular flexibility index (Phi) is 6.93. The summed E-state index contributed by atoms with van der Waals surface area (Å²) in [6.45, 7) is 2.74. The van der Waals surface area contributed by atoms with Crippen molar-refractivity contribution >= 4 is 40.7 Å². The lowest BCUT2D eigenvalue weighted by molar-refractivity contribution is -0.140. The fourth-order valence-corrected chi connectivity index (χ4v) is 4.71. The van der Waals surface area contributed by atoms with E-state index in [-0.39, 0.29) is 28.5 Å². The molecule has 1 unspecified atom stereocenters. The summed E-state index contributed by atoms with van der Waals surface area (Å²) in [5, 5.41) is 11.7. The molecule has 6 nitrogen and oxygen atoms in total. The first-order valence-corrected chi connectivity index (χ1v) is 11.4. The molecule has 0 aliphatic carbocycles. The molecule has 2 saturated heterocycles. The van der Waals surface area contributed by atoms with E-state index in [9.17, 15) is 19.1 Å². The third-order valence-corrected chi connectivity index (χ3v) is 6.81. The molecule has 1 atom stereocenters. The fraction of sp³-hybridized carbons (Fsp3) is 0.333. The number of halogens is 3. The number of benzene rings is 2. The number of aliphatic hydroxyl groups is 1. The predicted molar refractivity (Wildman–Crippen MR) is 124 cm³/mol. The average molecular weight is 493 g/mol. The maximum absolute atomic E-state index is 14.0. The molecule has 2 aliphatic heterocycles. The van der Waals surface area contributed by atoms with Crippen molar-refractivity contribution in [1.82, 2.24) is 9.80 Å². The van der Waals surface area contributed by atoms with Crippen LogP contribution in [0.5, 0.6) is 5.75 Å². The molecular formula is C24H23Cl2FN2O4. The Hall–Kier alpha value is -2.61. The number of nitrogens with zero attached hydrogens (tertiary/aromatic N) is 2. The van der Waals surface area contributed by atoms with Gasteiger partial charge in [-0.3, -0.25) is 9.59 Å². The zero-order valence-corrected chi connectivity index (χ0v) is 19.5. The van der Waals surface area contributed by atoms with Crippen molar-refractivity contribution in [3.8, 4) is 5.75 Å². The van der Waals surface area contributed by atoms with E-state index >= 15 is 0 Å². The van der Waals surface area contributed by atoms with Crippen LogP contribution in [0.4, 0.5) is 4.39 Å². The van der Waals surface area contributed by atoms with Gasteiger partial charge in [-0.2, -0.15) is 0 Å². The first kappa shape index (κ1) is 23.5. The third kappa shape index (κ3) is 4.58. The number of ether oxygens (including phenoxy) is 1. The highest BCUT2D eigenvalue weighted by molar-refractivity contribution is 6.47. The van der Waals surface area contributed by atoms with Crippen molar-refractivity contribution in [3.63, 3.8) is 0 Å². The number of Topliss-reactive ketones (excluding diaryl/α,β-unsaturated/α-hetero) is 1. The normalized spacial score (nSPS) is 20.6. The lowest BCUT2D eigenvalue weighted by atomic mass is 9.95. The second-order valence-corrected chi connectivity index (χ2v) is 8.87. The molecule has 2 heterocycles. The van der Waals surface area contributed by atoms with Gasteiger partial charge in [0.1, 0.15) is 17.3 Å². The molecule has 4 rings (SSSR count). The van der Waals surface area contributed by atoms with Crippen LogP contribution in [0.3, 0.4) is 0 Å². The van der Waals surface area contributed by atoms with Crippen molar-refractivity contribution in [2.45, 2.75) is 18.9 Å². The summed E-state index contributed by atoms with van der Waals surface area (Å²) < 4.78 is 19.2. The van der Waals surface area contributed by atoms with Gasteiger partial charge in [-0.05, 0) is 61.8 Å². The Morgan fingerprint density at radius 3 is 2.48 bits per heavy atom. The molecule has 9 heteroatoms. The van der Waals surface area contributed by atoms with E-state index in [2.05, 4.69) is 4.90 Å². The van der Waals surface area contributed by atoms with Gasteiger partial charge >= 0.3 is 0 Å². The molecule has 0 aromatic heterocycles. The van der Waals surface area contributed by atoms with Crippen LogP contribution < -0.4 is 4.74 Å². The minimum absolute atomic E-state index is 0.0138. The zero-order valence-electron chi connectivity index (χ0n) is 18.0. The Balaban J connectivity index is 1.83. The summed E-state index contributed by atoms with van der Waals surface area (Å²) in [4.78, 5) is 29.8. The molecule has 2 fully saturated rings. The maximum atomic E-state index is 14.0. The molecular weight excluding hydrogens is 470 g/mol. The van der Waals surface area contributed by atoms with Gasteiger partial charge in [-0.1, -0.05) is 29.3 Å². The van der Waals surface area contributed by atoms with Crippen LogP contribution in [0, 0.1) is 5.82 Å². The summed E-state index contributed by atoms with van der Waals surface area (Å²) in [7, 11) is 1.37. The molecule has 2 aromatic carbocycles. The Labute approximate surface area is 201 Å². The van der Waals surface area contributed by atoms with E-state index in [1.165, 1.54) is 24.1 Å². The Morgan fingerprint density at radius 1 is 1.09 bits per heavy atom. The molecule has 0 saturated carbocycles. The average Bonchev–Trinajstić information content (AvgIpc) is 3.40. The summed E-state index contributed by atoms with van der Waals surface area (Å²) in [5.41, 5.74) is 0.353. The highest BCUT2D eigenvalue weighted by Crippen LogP contribution is 2.42. The monoisotopic (exact) mass is 492 g/mol. The number of hydrogen-bond acceptors (Lipinski definition) is 5. The lowest BCUT2D eigenvalue weighted by Crippen LogP contribution is -2.37. The third-order valence-electron chi connectivity index (χ3n) is 6.07. The number of aliphatic hydroxyl groups excluding tert-OH is 1. The largest absolute Gasteiger partial charge is 0.507 e. The number of carbonyl (C=O) groups is 2. The van der Waals surface area contributed by atoms with Crippen LogP contribution >= 0.6 is 23.2 Å². The van der Waals surface area contributed by atoms with Gasteiger partial charge < -0.3 is 19.6 Å². The molecule has 33 heavy (non-hydrogen) atoms. The van der Waals surface area contributed by atoms with Gasteiger partial charge in [0, 0.05) is 13.1 Å². The smallest absolute Gasteiger partial charge is 0.295 e. The van der Waals surface area contributed by atoms with Gasteiger partial charge in [0.05, 0.1) is 34.3 Å². The second-order valence-electron chi connectivity index (χ2n) is 8.06. The number of hydrogen-bond donors (Lipinski definition) is 1. The number of methoxy groups -OCH3 is 1. The van der Waals surface area contributed by atoms with Crippen molar-refractivity contribution in [2.75, 3.05) is 33.3 Å². The number of carbonyl (C=O) groups excluding carboxylic acids is 2. The molecule has 174 valence electrons. The summed E-state index contributed by atoms with van der Waals surface area (Å²) in [6.07, 6.45) is 2.18. The van der Waals surface area contributed by atoms with E-state index in [0.29, 0.717) is 17.1 Å². The van der Waals surface area contributed by atoms with Gasteiger partial charge in [0.25, 0.3) is 11.7 Å². The van der Waals surface area contributed by atoms with Crippen molar-refractivity contribution in [3.05, 3.63) is 69.0 Å². The lowest BCUT2D eigenvalue weighted by Gasteiger charge is -2.27. The number of amides is 1. The minimum Gasteiger partial charge on any atom is -0.507 e. The molecule has 2 aromatic rings. The first-order chi connectivity index (χ1) is 15.8. The van der Waals surface area contributed by atoms with E-state index in [1.807, 2.05) is 0 Å². The van der Waals surface area contributed by atoms with E-state index in [1.54, 1.807) is 18.2 Å². The topological polar surface area (TPSA) is 70.1 Å².